The lowest BCUT2D eigenvalue weighted by Gasteiger charge is -2.45. The zero-order chi connectivity index (χ0) is 32.2. The normalized spacial score (nSPS) is 13.2. The van der Waals surface area contributed by atoms with E-state index in [9.17, 15) is 5.11 Å². The highest BCUT2D eigenvalue weighted by atomic mass is 28.4. The van der Waals surface area contributed by atoms with Crippen molar-refractivity contribution < 1.29 is 14.3 Å². The minimum absolute atomic E-state index is 0.102. The molecule has 4 heteroatoms. The first-order valence-corrected chi connectivity index (χ1v) is 18.5. The summed E-state index contributed by atoms with van der Waals surface area (Å²) in [6, 6.07) is 50.7. The minimum atomic E-state index is -2.77. The van der Waals surface area contributed by atoms with Gasteiger partial charge in [-0.25, -0.2) is 0 Å². The van der Waals surface area contributed by atoms with E-state index in [1.807, 2.05) is 30.3 Å². The van der Waals surface area contributed by atoms with E-state index in [1.165, 1.54) is 21.5 Å². The van der Waals surface area contributed by atoms with Gasteiger partial charge >= 0.3 is 0 Å². The van der Waals surface area contributed by atoms with Crippen LogP contribution in [0, 0.1) is 0 Å². The molecule has 0 aliphatic heterocycles. The van der Waals surface area contributed by atoms with Gasteiger partial charge in [-0.3, -0.25) is 0 Å². The van der Waals surface area contributed by atoms with Crippen LogP contribution in [-0.4, -0.2) is 25.6 Å². The van der Waals surface area contributed by atoms with Gasteiger partial charge in [0, 0.05) is 6.10 Å². The van der Waals surface area contributed by atoms with Gasteiger partial charge in [0.05, 0.1) is 6.10 Å². The van der Waals surface area contributed by atoms with Crippen LogP contribution in [0.4, 0.5) is 0 Å². The summed E-state index contributed by atoms with van der Waals surface area (Å²) in [7, 11) is -2.77. The molecule has 46 heavy (non-hydrogen) atoms. The smallest absolute Gasteiger partial charge is 0.261 e. The van der Waals surface area contributed by atoms with Crippen molar-refractivity contribution in [3.05, 3.63) is 162 Å². The molecule has 0 aliphatic carbocycles. The molecule has 0 fully saturated rings. The summed E-state index contributed by atoms with van der Waals surface area (Å²) < 4.78 is 13.5. The van der Waals surface area contributed by atoms with Crippen LogP contribution < -0.4 is 15.1 Å². The fourth-order valence-electron chi connectivity index (χ4n) is 6.39. The molecule has 0 saturated heterocycles. The molecule has 0 heterocycles. The summed E-state index contributed by atoms with van der Waals surface area (Å²) in [4.78, 5) is 0. The predicted octanol–water partition coefficient (Wildman–Crippen LogP) is 8.53. The number of hydrogen-bond donors (Lipinski definition) is 1. The summed E-state index contributed by atoms with van der Waals surface area (Å²) in [6.45, 7) is 7.50. The van der Waals surface area contributed by atoms with Gasteiger partial charge in [-0.2, -0.15) is 0 Å². The van der Waals surface area contributed by atoms with Crippen LogP contribution >= 0.6 is 0 Å². The van der Waals surface area contributed by atoms with E-state index in [4.69, 9.17) is 9.16 Å². The molecule has 0 radical (unpaired) electrons. The summed E-state index contributed by atoms with van der Waals surface area (Å²) >= 11 is 0. The molecule has 0 aliphatic rings. The third-order valence-corrected chi connectivity index (χ3v) is 13.9. The van der Waals surface area contributed by atoms with E-state index in [0.29, 0.717) is 19.4 Å². The molecule has 0 amide bonds. The largest absolute Gasteiger partial charge is 0.489 e. The number of hydrogen-bond acceptors (Lipinski definition) is 3. The lowest BCUT2D eigenvalue weighted by molar-refractivity contribution is 0.0793. The van der Waals surface area contributed by atoms with Crippen LogP contribution in [0.15, 0.2) is 146 Å². The average molecular weight is 629 g/mol. The lowest BCUT2D eigenvalue weighted by atomic mass is 9.99. The number of ether oxygens (including phenoxy) is 1. The molecule has 5 rings (SSSR count). The quantitative estimate of drug-likeness (QED) is 0.118. The summed E-state index contributed by atoms with van der Waals surface area (Å²) in [5.74, 6) is 0.854. The Kier molecular flexibility index (Phi) is 11.6. The molecule has 1 N–H and O–H groups in total. The Morgan fingerprint density at radius 1 is 0.565 bits per heavy atom. The second-order valence-corrected chi connectivity index (χ2v) is 17.5. The van der Waals surface area contributed by atoms with Crippen molar-refractivity contribution in [2.45, 2.75) is 76.7 Å². The molecular weight excluding hydrogens is 581 g/mol. The topological polar surface area (TPSA) is 38.7 Å². The Hall–Kier alpha value is -3.96. The maximum absolute atomic E-state index is 11.5. The maximum Gasteiger partial charge on any atom is 0.261 e. The number of aliphatic hydroxyl groups is 1. The van der Waals surface area contributed by atoms with Crippen molar-refractivity contribution in [2.75, 3.05) is 0 Å². The Morgan fingerprint density at radius 2 is 1.02 bits per heavy atom. The fourth-order valence-corrected chi connectivity index (χ4v) is 11.1. The Morgan fingerprint density at radius 3 is 1.54 bits per heavy atom. The summed E-state index contributed by atoms with van der Waals surface area (Å²) in [5, 5.41) is 13.9. The van der Waals surface area contributed by atoms with E-state index < -0.39 is 14.4 Å². The zero-order valence-electron chi connectivity index (χ0n) is 27.5. The average Bonchev–Trinajstić information content (AvgIpc) is 3.09. The van der Waals surface area contributed by atoms with E-state index in [0.717, 1.165) is 30.6 Å². The molecule has 0 unspecified atom stereocenters. The van der Waals surface area contributed by atoms with Gasteiger partial charge in [0.2, 0.25) is 0 Å². The first kappa shape index (κ1) is 33.4. The van der Waals surface area contributed by atoms with E-state index in [-0.39, 0.29) is 11.1 Å². The molecule has 0 aromatic heterocycles. The van der Waals surface area contributed by atoms with Gasteiger partial charge in [-0.15, -0.1) is 0 Å². The van der Waals surface area contributed by atoms with Crippen molar-refractivity contribution in [3.63, 3.8) is 0 Å². The summed E-state index contributed by atoms with van der Waals surface area (Å²) in [5.41, 5.74) is 3.64. The Balaban J connectivity index is 1.32. The molecule has 0 saturated carbocycles. The van der Waals surface area contributed by atoms with E-state index in [2.05, 4.69) is 136 Å². The molecule has 3 nitrogen and oxygen atoms in total. The van der Waals surface area contributed by atoms with E-state index in [1.54, 1.807) is 0 Å². The van der Waals surface area contributed by atoms with Crippen LogP contribution in [0.2, 0.25) is 5.04 Å². The van der Waals surface area contributed by atoms with Crippen LogP contribution in [0.3, 0.4) is 0 Å². The van der Waals surface area contributed by atoms with Gasteiger partial charge in [0.15, 0.2) is 0 Å². The highest BCUT2D eigenvalue weighted by molar-refractivity contribution is 6.99. The molecule has 238 valence electrons. The Labute approximate surface area is 277 Å². The van der Waals surface area contributed by atoms with Gasteiger partial charge in [0.1, 0.15) is 12.4 Å². The monoisotopic (exact) mass is 628 g/mol. The second kappa shape index (κ2) is 16.0. The number of benzene rings is 5. The first-order valence-electron chi connectivity index (χ1n) is 16.6. The van der Waals surface area contributed by atoms with Crippen molar-refractivity contribution in [1.82, 2.24) is 0 Å². The molecule has 0 bridgehead atoms. The van der Waals surface area contributed by atoms with Gasteiger partial charge < -0.3 is 14.3 Å². The van der Waals surface area contributed by atoms with Crippen molar-refractivity contribution in [1.29, 1.82) is 0 Å². The minimum Gasteiger partial charge on any atom is -0.489 e. The van der Waals surface area contributed by atoms with Crippen LogP contribution in [0.1, 0.15) is 56.7 Å². The molecule has 5 aromatic carbocycles. The van der Waals surface area contributed by atoms with Crippen molar-refractivity contribution >= 4 is 18.7 Å². The van der Waals surface area contributed by atoms with Crippen LogP contribution in [0.25, 0.3) is 0 Å². The molecule has 2 atom stereocenters. The third kappa shape index (κ3) is 8.85. The van der Waals surface area contributed by atoms with Gasteiger partial charge in [-0.1, -0.05) is 154 Å². The summed E-state index contributed by atoms with van der Waals surface area (Å²) in [6.07, 6.45) is 3.24. The molecule has 0 spiro atoms. The van der Waals surface area contributed by atoms with Crippen LogP contribution in [-0.2, 0) is 23.9 Å². The van der Waals surface area contributed by atoms with Crippen molar-refractivity contribution in [3.8, 4) is 5.75 Å². The third-order valence-electron chi connectivity index (χ3n) is 8.83. The van der Waals surface area contributed by atoms with Crippen molar-refractivity contribution in [2.24, 2.45) is 0 Å². The second-order valence-electron chi connectivity index (χ2n) is 13.3. The fraction of sp³-hybridized carbons (Fsp3) is 0.286. The van der Waals surface area contributed by atoms with E-state index >= 15 is 0 Å². The lowest BCUT2D eigenvalue weighted by Crippen LogP contribution is -2.67. The predicted molar refractivity (Wildman–Crippen MR) is 193 cm³/mol. The van der Waals surface area contributed by atoms with Crippen LogP contribution in [0.5, 0.6) is 5.75 Å². The maximum atomic E-state index is 11.5. The van der Waals surface area contributed by atoms with Gasteiger partial charge in [-0.05, 0) is 76.3 Å². The zero-order valence-corrected chi connectivity index (χ0v) is 28.5. The highest BCUT2D eigenvalue weighted by Gasteiger charge is 2.51. The standard InChI is InChI=1S/C42H48O3Si/c1-42(2,3)46(40-20-12-6-13-21-40,41-22-14-7-15-23-41)45-39(31-27-34-16-8-4-9-17-34)32-37(43)28-24-35-25-29-38(30-26-35)44-33-36-18-10-5-11-19-36/h4-23,25-26,29-30,37,39,43H,24,27-28,31-33H2,1-3H3/t37-,39-/m0/s1. The van der Waals surface area contributed by atoms with Gasteiger partial charge in [0.25, 0.3) is 8.32 Å². The highest BCUT2D eigenvalue weighted by Crippen LogP contribution is 2.38. The number of aryl methyl sites for hydroxylation is 2. The molecular formula is C42H48O3Si. The number of aliphatic hydroxyl groups excluding tert-OH is 1. The Bertz CT molecular complexity index is 1530. The SMILES string of the molecule is CC(C)(C)[Si](O[C@@H](CCc1ccccc1)C[C@@H](O)CCc1ccc(OCc2ccccc2)cc1)(c1ccccc1)c1ccccc1. The molecule has 5 aromatic rings. The first-order chi connectivity index (χ1) is 22.3. The number of rotatable bonds is 15.